The van der Waals surface area contributed by atoms with E-state index in [1.54, 1.807) is 45.2 Å². The average molecular weight is 963 g/mol. The van der Waals surface area contributed by atoms with Crippen molar-refractivity contribution in [3.8, 4) is 0 Å². The first-order valence-electron chi connectivity index (χ1n) is 25.4. The number of aliphatic hydroxyl groups is 4. The number of ether oxygens (including phenoxy) is 9. The van der Waals surface area contributed by atoms with Crippen molar-refractivity contribution in [1.82, 2.24) is 0 Å². The molecule has 15 nitrogen and oxygen atoms in total. The van der Waals surface area contributed by atoms with Crippen LogP contribution < -0.4 is 0 Å². The fourth-order valence-corrected chi connectivity index (χ4v) is 13.8. The highest BCUT2D eigenvalue weighted by Crippen LogP contribution is 2.69. The Morgan fingerprint density at radius 1 is 0.710 bits per heavy atom. The van der Waals surface area contributed by atoms with Gasteiger partial charge in [-0.25, -0.2) is 9.59 Å². The van der Waals surface area contributed by atoms with Crippen LogP contribution in [0.5, 0.6) is 0 Å². The molecule has 7 aliphatic rings. The van der Waals surface area contributed by atoms with Gasteiger partial charge >= 0.3 is 11.9 Å². The molecule has 2 aromatic rings. The monoisotopic (exact) mass is 963 g/mol. The third kappa shape index (κ3) is 9.60. The molecule has 3 aliphatic heterocycles. The van der Waals surface area contributed by atoms with Gasteiger partial charge in [-0.3, -0.25) is 0 Å². The van der Waals surface area contributed by atoms with Crippen molar-refractivity contribution < 1.29 is 72.6 Å². The molecule has 0 radical (unpaired) electrons. The molecule has 9 rings (SSSR count). The van der Waals surface area contributed by atoms with Crippen LogP contribution in [-0.2, 0) is 42.6 Å². The molecular formula is C54H74O15. The average Bonchev–Trinajstić information content (AvgIpc) is 3.62. The number of aliphatic hydroxyl groups excluding tert-OH is 3. The standard InChI is InChI=1S/C54H74O15/c1-29(65-50(58)33-14-10-8-11-15-33)37-21-23-54(60)38-19-18-35-24-36(20-22-52(35,5)39(38)25-43(53(37,54)6)67-51(59)34-16-12-9-13-17-34)66-46-28-42(61-7)49(32(4)64-46)69-45-27-41(56)48(31(3)63-45)68-44-26-40(55)47(57)30(2)62-44/h8-18,29-32,36-49,55-57,60H,19-28H2,1-7H3. The number of fused-ring (bicyclic) bond motifs is 5. The quantitative estimate of drug-likeness (QED) is 0.134. The first-order valence-corrected chi connectivity index (χ1v) is 25.4. The largest absolute Gasteiger partial charge is 0.459 e. The second-order valence-corrected chi connectivity index (χ2v) is 21.5. The van der Waals surface area contributed by atoms with Crippen LogP contribution in [0.4, 0.5) is 0 Å². The summed E-state index contributed by atoms with van der Waals surface area (Å²) in [5, 5.41) is 44.8. The molecule has 3 heterocycles. The number of rotatable bonds is 12. The maximum Gasteiger partial charge on any atom is 0.338 e. The Hall–Kier alpha value is -3.32. The molecule has 21 atom stereocenters. The Kier molecular flexibility index (Phi) is 14.9. The van der Waals surface area contributed by atoms with Crippen LogP contribution >= 0.6 is 0 Å². The van der Waals surface area contributed by atoms with E-state index in [0.717, 1.165) is 12.8 Å². The lowest BCUT2D eigenvalue weighted by molar-refractivity contribution is -0.336. The third-order valence-electron chi connectivity index (χ3n) is 17.7. The van der Waals surface area contributed by atoms with Crippen molar-refractivity contribution in [2.45, 2.75) is 203 Å². The Balaban J connectivity index is 0.854. The van der Waals surface area contributed by atoms with Crippen LogP contribution in [0.3, 0.4) is 0 Å². The molecule has 15 heteroatoms. The van der Waals surface area contributed by atoms with Crippen molar-refractivity contribution in [2.24, 2.45) is 28.6 Å². The van der Waals surface area contributed by atoms with E-state index in [-0.39, 0.29) is 48.2 Å². The molecular weight excluding hydrogens is 889 g/mol. The lowest BCUT2D eigenvalue weighted by atomic mass is 9.44. The zero-order valence-electron chi connectivity index (χ0n) is 41.1. The van der Waals surface area contributed by atoms with Gasteiger partial charge in [-0.2, -0.15) is 0 Å². The molecule has 4 N–H and O–H groups in total. The maximum atomic E-state index is 14.0. The van der Waals surface area contributed by atoms with E-state index in [2.05, 4.69) is 19.9 Å². The highest BCUT2D eigenvalue weighted by atomic mass is 16.7. The minimum Gasteiger partial charge on any atom is -0.459 e. The van der Waals surface area contributed by atoms with Crippen molar-refractivity contribution >= 4 is 11.9 Å². The van der Waals surface area contributed by atoms with E-state index in [1.807, 2.05) is 50.2 Å². The Bertz CT molecular complexity index is 2100. The molecule has 3 saturated carbocycles. The first-order chi connectivity index (χ1) is 32.9. The molecule has 4 aliphatic carbocycles. The van der Waals surface area contributed by atoms with Crippen molar-refractivity contribution in [1.29, 1.82) is 0 Å². The van der Waals surface area contributed by atoms with Crippen molar-refractivity contribution in [3.63, 3.8) is 0 Å². The maximum absolute atomic E-state index is 14.0. The molecule has 0 aromatic heterocycles. The number of carbonyl (C=O) groups is 2. The van der Waals surface area contributed by atoms with Crippen LogP contribution in [0.25, 0.3) is 0 Å². The van der Waals surface area contributed by atoms with Gasteiger partial charge in [-0.15, -0.1) is 0 Å². The Morgan fingerprint density at radius 3 is 1.94 bits per heavy atom. The summed E-state index contributed by atoms with van der Waals surface area (Å²) < 4.78 is 56.5. The van der Waals surface area contributed by atoms with E-state index >= 15 is 0 Å². The van der Waals surface area contributed by atoms with Crippen molar-refractivity contribution in [2.75, 3.05) is 7.11 Å². The molecule has 21 unspecified atom stereocenters. The summed E-state index contributed by atoms with van der Waals surface area (Å²) in [4.78, 5) is 27.3. The van der Waals surface area contributed by atoms with Gasteiger partial charge < -0.3 is 63.1 Å². The van der Waals surface area contributed by atoms with Gasteiger partial charge in [0, 0.05) is 37.7 Å². The molecule has 6 fully saturated rings. The van der Waals surface area contributed by atoms with Gasteiger partial charge in [-0.1, -0.05) is 61.9 Å². The third-order valence-corrected chi connectivity index (χ3v) is 17.7. The topological polar surface area (TPSA) is 198 Å². The van der Waals surface area contributed by atoms with Gasteiger partial charge in [0.15, 0.2) is 18.9 Å². The molecule has 0 amide bonds. The van der Waals surface area contributed by atoms with Gasteiger partial charge in [-0.05, 0) is 114 Å². The van der Waals surface area contributed by atoms with E-state index < -0.39 is 103 Å². The minimum atomic E-state index is -1.19. The van der Waals surface area contributed by atoms with Gasteiger partial charge in [0.05, 0.1) is 59.5 Å². The lowest BCUT2D eigenvalue weighted by Crippen LogP contribution is -2.67. The summed E-state index contributed by atoms with van der Waals surface area (Å²) in [5.41, 5.74) is -0.174. The van der Waals surface area contributed by atoms with Crippen molar-refractivity contribution in [3.05, 3.63) is 83.4 Å². The number of benzene rings is 2. The van der Waals surface area contributed by atoms with E-state index in [0.29, 0.717) is 49.7 Å². The van der Waals surface area contributed by atoms with E-state index in [4.69, 9.17) is 42.6 Å². The predicted molar refractivity (Wildman–Crippen MR) is 249 cm³/mol. The first kappa shape index (κ1) is 50.6. The number of esters is 2. The fourth-order valence-electron chi connectivity index (χ4n) is 13.8. The number of hydrogen-bond acceptors (Lipinski definition) is 15. The van der Waals surface area contributed by atoms with E-state index in [9.17, 15) is 30.0 Å². The molecule has 380 valence electrons. The normalized spacial score (nSPS) is 44.7. The molecule has 0 spiro atoms. The second-order valence-electron chi connectivity index (χ2n) is 21.5. The fraction of sp³-hybridized carbons (Fsp3) is 0.704. The summed E-state index contributed by atoms with van der Waals surface area (Å²) in [7, 11) is 1.64. The van der Waals surface area contributed by atoms with Gasteiger partial charge in [0.1, 0.15) is 30.5 Å². The lowest BCUT2D eigenvalue weighted by Gasteiger charge is -2.63. The molecule has 3 saturated heterocycles. The molecule has 2 aromatic carbocycles. The number of methoxy groups -OCH3 is 1. The molecule has 69 heavy (non-hydrogen) atoms. The number of carbonyl (C=O) groups excluding carboxylic acids is 2. The van der Waals surface area contributed by atoms with E-state index in [1.165, 1.54) is 5.57 Å². The van der Waals surface area contributed by atoms with Crippen LogP contribution in [-0.4, -0.2) is 137 Å². The minimum absolute atomic E-state index is 0.0176. The summed E-state index contributed by atoms with van der Waals surface area (Å²) in [6.07, 6.45) is -2.01. The van der Waals surface area contributed by atoms with Gasteiger partial charge in [0.25, 0.3) is 0 Å². The van der Waals surface area contributed by atoms with Crippen LogP contribution in [0.15, 0.2) is 72.3 Å². The smallest absolute Gasteiger partial charge is 0.338 e. The SMILES string of the molecule is COC1CC(OC2CCC3(C)C(=CCC4C3CC(OC(=O)c3ccccc3)C3(C)C(C(C)OC(=O)c5ccccc5)CCC43O)C2)OC(C)C1OC1CC(O)C(OC2CC(O)C(O)C(C)O2)C(C)O1. The number of hydrogen-bond donors (Lipinski definition) is 4. The predicted octanol–water partition coefficient (Wildman–Crippen LogP) is 6.42. The summed E-state index contributed by atoms with van der Waals surface area (Å²) in [6.45, 7) is 11.7. The van der Waals surface area contributed by atoms with Crippen LogP contribution in [0.1, 0.15) is 126 Å². The van der Waals surface area contributed by atoms with Gasteiger partial charge in [0.2, 0.25) is 0 Å². The van der Waals surface area contributed by atoms with Crippen LogP contribution in [0.2, 0.25) is 0 Å². The second kappa shape index (κ2) is 20.3. The highest BCUT2D eigenvalue weighted by molar-refractivity contribution is 5.90. The zero-order chi connectivity index (χ0) is 49.0. The summed E-state index contributed by atoms with van der Waals surface area (Å²) >= 11 is 0. The summed E-state index contributed by atoms with van der Waals surface area (Å²) in [6, 6.07) is 17.9. The Labute approximate surface area is 406 Å². The highest BCUT2D eigenvalue weighted by Gasteiger charge is 2.72. The molecule has 0 bridgehead atoms. The zero-order valence-corrected chi connectivity index (χ0v) is 41.1. The number of allylic oxidation sites excluding steroid dienone is 1. The van der Waals surface area contributed by atoms with Crippen LogP contribution in [0, 0.1) is 28.6 Å². The Morgan fingerprint density at radius 2 is 1.30 bits per heavy atom. The summed E-state index contributed by atoms with van der Waals surface area (Å²) in [5.74, 6) is -1.19.